The van der Waals surface area contributed by atoms with Gasteiger partial charge >= 0.3 is 0 Å². The van der Waals surface area contributed by atoms with Gasteiger partial charge in [0, 0.05) is 19.6 Å². The second-order valence-corrected chi connectivity index (χ2v) is 8.20. The summed E-state index contributed by atoms with van der Waals surface area (Å²) in [6.07, 6.45) is 4.34. The summed E-state index contributed by atoms with van der Waals surface area (Å²) in [5, 5.41) is 3.05. The van der Waals surface area contributed by atoms with Crippen molar-refractivity contribution >= 4 is 21.7 Å². The summed E-state index contributed by atoms with van der Waals surface area (Å²) >= 11 is 0. The largest absolute Gasteiger partial charge is 0.339 e. The minimum atomic E-state index is -3.50. The van der Waals surface area contributed by atoms with Crippen molar-refractivity contribution in [1.82, 2.24) is 18.6 Å². The zero-order valence-electron chi connectivity index (χ0n) is 15.5. The maximum atomic E-state index is 12.9. The minimum absolute atomic E-state index is 0.256. The van der Waals surface area contributed by atoms with Crippen molar-refractivity contribution in [3.05, 3.63) is 48.2 Å². The molecule has 0 unspecified atom stereocenters. The third-order valence-electron chi connectivity index (χ3n) is 4.66. The van der Waals surface area contributed by atoms with E-state index in [0.29, 0.717) is 31.1 Å². The highest BCUT2D eigenvalue weighted by Crippen LogP contribution is 2.34. The summed E-state index contributed by atoms with van der Waals surface area (Å²) in [4.78, 5) is 8.41. The van der Waals surface area contributed by atoms with Crippen LogP contribution in [0.5, 0.6) is 0 Å². The first kappa shape index (κ1) is 19.7. The van der Waals surface area contributed by atoms with Gasteiger partial charge in [-0.05, 0) is 37.1 Å². The molecule has 1 fully saturated rings. The summed E-state index contributed by atoms with van der Waals surface area (Å²) in [5.74, 6) is 0.113. The second kappa shape index (κ2) is 8.28. The molecule has 7 nitrogen and oxygen atoms in total. The molecular weight excluding hydrogens is 369 g/mol. The molecule has 3 rings (SSSR count). The molecule has 1 N–H and O–H groups in total. The number of nitrogens with one attached hydrogen (secondary N) is 1. The number of anilines is 2. The lowest BCUT2D eigenvalue weighted by Crippen LogP contribution is -2.43. The van der Waals surface area contributed by atoms with E-state index in [-0.39, 0.29) is 6.04 Å². The zero-order valence-corrected chi connectivity index (χ0v) is 16.3. The molecule has 0 bridgehead atoms. The van der Waals surface area contributed by atoms with E-state index in [1.165, 1.54) is 10.4 Å². The Morgan fingerprint density at radius 1 is 1.19 bits per heavy atom. The normalized spacial score (nSPS) is 18.1. The van der Waals surface area contributed by atoms with Crippen molar-refractivity contribution < 1.29 is 12.8 Å². The fourth-order valence-corrected chi connectivity index (χ4v) is 5.13. The lowest BCUT2D eigenvalue weighted by molar-refractivity contribution is 0.335. The van der Waals surface area contributed by atoms with Crippen LogP contribution in [0.25, 0.3) is 0 Å². The van der Waals surface area contributed by atoms with E-state index in [0.717, 1.165) is 24.7 Å². The molecule has 146 valence electrons. The van der Waals surface area contributed by atoms with Crippen LogP contribution < -0.4 is 5.32 Å². The Labute approximate surface area is 159 Å². The van der Waals surface area contributed by atoms with Crippen LogP contribution >= 0.6 is 0 Å². The highest BCUT2D eigenvalue weighted by atomic mass is 32.2. The van der Waals surface area contributed by atoms with E-state index in [1.807, 2.05) is 26.0 Å². The number of nitrogens with zero attached hydrogens (tertiary/aromatic N) is 4. The first-order chi connectivity index (χ1) is 13.0. The third kappa shape index (κ3) is 4.26. The molecule has 9 heteroatoms. The first-order valence-electron chi connectivity index (χ1n) is 9.07. The number of hydrogen-bond acceptors (Lipinski definition) is 5. The molecule has 1 aliphatic rings. The summed E-state index contributed by atoms with van der Waals surface area (Å²) < 4.78 is 41.7. The average Bonchev–Trinajstić information content (AvgIpc) is 3.16. The molecule has 0 aliphatic carbocycles. The van der Waals surface area contributed by atoms with Gasteiger partial charge in [-0.15, -0.1) is 0 Å². The van der Waals surface area contributed by atoms with Crippen molar-refractivity contribution in [3.8, 4) is 0 Å². The lowest BCUT2D eigenvalue weighted by Gasteiger charge is -2.29. The van der Waals surface area contributed by atoms with Crippen molar-refractivity contribution in [2.45, 2.75) is 32.7 Å². The van der Waals surface area contributed by atoms with Crippen LogP contribution in [0.1, 0.15) is 38.4 Å². The number of hydrogen-bond donors (Lipinski definition) is 1. The van der Waals surface area contributed by atoms with Gasteiger partial charge in [0.2, 0.25) is 0 Å². The van der Waals surface area contributed by atoms with Crippen molar-refractivity contribution in [2.75, 3.05) is 25.0 Å². The fourth-order valence-electron chi connectivity index (χ4n) is 3.28. The fraction of sp³-hybridized carbons (Fsp3) is 0.444. The van der Waals surface area contributed by atoms with Gasteiger partial charge in [-0.3, -0.25) is 4.98 Å². The molecule has 2 aromatic rings. The van der Waals surface area contributed by atoms with Crippen molar-refractivity contribution in [3.63, 3.8) is 0 Å². The van der Waals surface area contributed by atoms with Crippen LogP contribution in [0.2, 0.25) is 0 Å². The van der Waals surface area contributed by atoms with Crippen LogP contribution in [0, 0.1) is 5.82 Å². The van der Waals surface area contributed by atoms with Gasteiger partial charge in [0.1, 0.15) is 11.6 Å². The molecule has 1 aliphatic heterocycles. The van der Waals surface area contributed by atoms with Crippen LogP contribution in [0.4, 0.5) is 15.9 Å². The third-order valence-corrected chi connectivity index (χ3v) is 6.86. The molecule has 0 amide bonds. The predicted octanol–water partition coefficient (Wildman–Crippen LogP) is 3.08. The molecule has 0 aromatic carbocycles. The summed E-state index contributed by atoms with van der Waals surface area (Å²) in [6.45, 7) is 5.08. The highest BCUT2D eigenvalue weighted by molar-refractivity contribution is 7.86. The van der Waals surface area contributed by atoms with E-state index in [2.05, 4.69) is 15.3 Å². The zero-order chi connectivity index (χ0) is 19.4. The number of pyridine rings is 2. The smallest absolute Gasteiger partial charge is 0.282 e. The maximum Gasteiger partial charge on any atom is 0.282 e. The quantitative estimate of drug-likeness (QED) is 0.782. The van der Waals surface area contributed by atoms with E-state index in [1.54, 1.807) is 16.6 Å². The molecule has 1 atom stereocenters. The van der Waals surface area contributed by atoms with Gasteiger partial charge in [-0.25, -0.2) is 9.37 Å². The topological polar surface area (TPSA) is 78.4 Å². The maximum absolute atomic E-state index is 12.9. The van der Waals surface area contributed by atoms with E-state index >= 15 is 0 Å². The molecule has 27 heavy (non-hydrogen) atoms. The van der Waals surface area contributed by atoms with Gasteiger partial charge < -0.3 is 5.32 Å². The van der Waals surface area contributed by atoms with E-state index in [9.17, 15) is 12.8 Å². The summed E-state index contributed by atoms with van der Waals surface area (Å²) in [5.41, 5.74) is 1.43. The Balaban J connectivity index is 1.76. The van der Waals surface area contributed by atoms with E-state index in [4.69, 9.17) is 0 Å². The van der Waals surface area contributed by atoms with Gasteiger partial charge in [0.15, 0.2) is 0 Å². The van der Waals surface area contributed by atoms with Crippen LogP contribution in [0.15, 0.2) is 36.7 Å². The Morgan fingerprint density at radius 2 is 1.96 bits per heavy atom. The summed E-state index contributed by atoms with van der Waals surface area (Å²) in [6, 6.07) is 6.26. The summed E-state index contributed by atoms with van der Waals surface area (Å²) in [7, 11) is -3.50. The molecule has 0 saturated carbocycles. The minimum Gasteiger partial charge on any atom is -0.339 e. The van der Waals surface area contributed by atoms with Crippen molar-refractivity contribution in [1.29, 1.82) is 0 Å². The molecule has 3 heterocycles. The second-order valence-electron chi connectivity index (χ2n) is 6.32. The van der Waals surface area contributed by atoms with Gasteiger partial charge in [-0.2, -0.15) is 17.0 Å². The highest BCUT2D eigenvalue weighted by Gasteiger charge is 2.38. The van der Waals surface area contributed by atoms with Crippen LogP contribution in [-0.2, 0) is 10.2 Å². The molecule has 1 saturated heterocycles. The van der Waals surface area contributed by atoms with Gasteiger partial charge in [-0.1, -0.05) is 13.8 Å². The van der Waals surface area contributed by atoms with E-state index < -0.39 is 16.0 Å². The van der Waals surface area contributed by atoms with Gasteiger partial charge in [0.05, 0.1) is 29.8 Å². The molecular formula is C18H24FN5O2S. The van der Waals surface area contributed by atoms with Crippen molar-refractivity contribution in [2.24, 2.45) is 0 Å². The Hall–Kier alpha value is -2.10. The standard InChI is InChI=1S/C18H24FN5O2S/c1-3-23(4-2)27(25,26)24-11-5-6-17(24)16-9-8-15(13-20-16)22-18-10-7-14(19)12-21-18/h7-10,12-13,17H,3-6,11H2,1-2H3,(H,21,22)/t17-/m0/s1. The van der Waals surface area contributed by atoms with Crippen LogP contribution in [-0.4, -0.2) is 46.6 Å². The number of aromatic nitrogens is 2. The number of rotatable bonds is 7. The Kier molecular flexibility index (Phi) is 6.03. The molecule has 0 radical (unpaired) electrons. The monoisotopic (exact) mass is 393 g/mol. The lowest BCUT2D eigenvalue weighted by atomic mass is 10.1. The Morgan fingerprint density at radius 3 is 2.56 bits per heavy atom. The SMILES string of the molecule is CCN(CC)S(=O)(=O)N1CCC[C@H]1c1ccc(Nc2ccc(F)cn2)cn1. The van der Waals surface area contributed by atoms with Crippen LogP contribution in [0.3, 0.4) is 0 Å². The molecule has 2 aromatic heterocycles. The predicted molar refractivity (Wildman–Crippen MR) is 102 cm³/mol. The first-order valence-corrected chi connectivity index (χ1v) is 10.5. The molecule has 0 spiro atoms. The number of halogens is 1. The average molecular weight is 393 g/mol. The van der Waals surface area contributed by atoms with Gasteiger partial charge in [0.25, 0.3) is 10.2 Å². The Bertz CT molecular complexity index is 854.